The third-order valence-corrected chi connectivity index (χ3v) is 3.20. The first-order valence-corrected chi connectivity index (χ1v) is 6.50. The highest BCUT2D eigenvalue weighted by Gasteiger charge is 2.18. The minimum absolute atomic E-state index is 0.111. The molecule has 0 saturated carbocycles. The van der Waals surface area contributed by atoms with Crippen LogP contribution < -0.4 is 5.32 Å². The first-order chi connectivity index (χ1) is 9.51. The number of hydrogen-bond acceptors (Lipinski definition) is 3. The topological polar surface area (TPSA) is 79.5 Å². The van der Waals surface area contributed by atoms with Gasteiger partial charge in [-0.05, 0) is 25.0 Å². The van der Waals surface area contributed by atoms with Crippen LogP contribution in [-0.4, -0.2) is 23.0 Å². The van der Waals surface area contributed by atoms with Gasteiger partial charge in [0, 0.05) is 10.9 Å². The molecule has 0 spiro atoms. The number of aliphatic carboxylic acids is 1. The summed E-state index contributed by atoms with van der Waals surface area (Å²) in [6.45, 7) is 3.68. The highest BCUT2D eigenvalue weighted by Crippen LogP contribution is 2.22. The van der Waals surface area contributed by atoms with Crippen molar-refractivity contribution >= 4 is 22.8 Å². The summed E-state index contributed by atoms with van der Waals surface area (Å²) in [6.07, 6.45) is 2.01. The van der Waals surface area contributed by atoms with Gasteiger partial charge in [-0.15, -0.1) is 0 Å². The summed E-state index contributed by atoms with van der Waals surface area (Å²) in [4.78, 5) is 22.8. The highest BCUT2D eigenvalue weighted by molar-refractivity contribution is 5.89. The van der Waals surface area contributed by atoms with E-state index in [2.05, 4.69) is 5.32 Å². The van der Waals surface area contributed by atoms with E-state index in [1.54, 1.807) is 13.2 Å². The number of nitrogens with one attached hydrogen (secondary N) is 1. The quantitative estimate of drug-likeness (QED) is 0.877. The summed E-state index contributed by atoms with van der Waals surface area (Å²) in [6, 6.07) is 4.92. The Morgan fingerprint density at radius 2 is 2.15 bits per heavy atom. The summed E-state index contributed by atoms with van der Waals surface area (Å²) in [5.41, 5.74) is 2.58. The molecule has 1 aromatic carbocycles. The molecule has 0 unspecified atom stereocenters. The summed E-state index contributed by atoms with van der Waals surface area (Å²) in [7, 11) is 0. The Bertz CT molecular complexity index is 644. The smallest absolute Gasteiger partial charge is 0.326 e. The minimum atomic E-state index is -1.02. The predicted octanol–water partition coefficient (Wildman–Crippen LogP) is 2.26. The lowest BCUT2D eigenvalue weighted by atomic mass is 10.1. The molecule has 106 valence electrons. The average molecular weight is 275 g/mol. The zero-order chi connectivity index (χ0) is 14.7. The van der Waals surface area contributed by atoms with Crippen LogP contribution in [0.5, 0.6) is 0 Å². The second-order valence-corrected chi connectivity index (χ2v) is 4.80. The van der Waals surface area contributed by atoms with Crippen molar-refractivity contribution in [2.45, 2.75) is 32.7 Å². The van der Waals surface area contributed by atoms with Crippen molar-refractivity contribution in [1.82, 2.24) is 5.32 Å². The molecule has 0 saturated heterocycles. The number of fused-ring (bicyclic) bond motifs is 1. The van der Waals surface area contributed by atoms with E-state index in [-0.39, 0.29) is 12.3 Å². The van der Waals surface area contributed by atoms with Crippen LogP contribution >= 0.6 is 0 Å². The molecule has 0 aliphatic carbocycles. The van der Waals surface area contributed by atoms with Crippen LogP contribution in [0.1, 0.15) is 24.5 Å². The van der Waals surface area contributed by atoms with Gasteiger partial charge in [0.25, 0.3) is 0 Å². The Morgan fingerprint density at radius 1 is 1.40 bits per heavy atom. The van der Waals surface area contributed by atoms with Crippen molar-refractivity contribution in [3.8, 4) is 0 Å². The van der Waals surface area contributed by atoms with E-state index in [0.29, 0.717) is 6.42 Å². The number of amides is 1. The van der Waals surface area contributed by atoms with Crippen LogP contribution in [0.2, 0.25) is 0 Å². The molecule has 2 rings (SSSR count). The van der Waals surface area contributed by atoms with Crippen LogP contribution in [0.15, 0.2) is 28.9 Å². The Balaban J connectivity index is 2.12. The predicted molar refractivity (Wildman–Crippen MR) is 74.5 cm³/mol. The number of aryl methyl sites for hydroxylation is 1. The molecule has 5 heteroatoms. The third kappa shape index (κ3) is 2.99. The van der Waals surface area contributed by atoms with Gasteiger partial charge in [0.15, 0.2) is 0 Å². The molecule has 5 nitrogen and oxygen atoms in total. The van der Waals surface area contributed by atoms with E-state index >= 15 is 0 Å². The zero-order valence-corrected chi connectivity index (χ0v) is 11.5. The maximum Gasteiger partial charge on any atom is 0.326 e. The molecule has 1 heterocycles. The van der Waals surface area contributed by atoms with Crippen LogP contribution in [0, 0.1) is 6.92 Å². The van der Waals surface area contributed by atoms with Crippen molar-refractivity contribution in [2.24, 2.45) is 0 Å². The number of furan rings is 1. The van der Waals surface area contributed by atoms with E-state index in [0.717, 1.165) is 22.1 Å². The molecule has 0 fully saturated rings. The zero-order valence-electron chi connectivity index (χ0n) is 11.5. The number of benzene rings is 1. The van der Waals surface area contributed by atoms with Gasteiger partial charge in [0.05, 0.1) is 12.7 Å². The van der Waals surface area contributed by atoms with E-state index in [1.165, 1.54) is 0 Å². The number of carboxylic acid groups (broad SMARTS) is 1. The van der Waals surface area contributed by atoms with Crippen molar-refractivity contribution in [3.63, 3.8) is 0 Å². The van der Waals surface area contributed by atoms with Crippen LogP contribution in [0.3, 0.4) is 0 Å². The monoisotopic (exact) mass is 275 g/mol. The van der Waals surface area contributed by atoms with Crippen LogP contribution in [-0.2, 0) is 16.0 Å². The van der Waals surface area contributed by atoms with Gasteiger partial charge in [0.1, 0.15) is 11.6 Å². The van der Waals surface area contributed by atoms with Crippen molar-refractivity contribution in [1.29, 1.82) is 0 Å². The van der Waals surface area contributed by atoms with Crippen molar-refractivity contribution in [3.05, 3.63) is 35.6 Å². The fourth-order valence-electron chi connectivity index (χ4n) is 2.08. The maximum absolute atomic E-state index is 11.9. The molecule has 0 aliphatic rings. The van der Waals surface area contributed by atoms with E-state index in [4.69, 9.17) is 9.52 Å². The normalized spacial score (nSPS) is 12.3. The number of hydrogen-bond donors (Lipinski definition) is 2. The molecule has 0 bridgehead atoms. The first kappa shape index (κ1) is 14.1. The summed E-state index contributed by atoms with van der Waals surface area (Å²) in [5, 5.41) is 12.3. The second-order valence-electron chi connectivity index (χ2n) is 4.80. The molecule has 1 atom stereocenters. The van der Waals surface area contributed by atoms with Gasteiger partial charge < -0.3 is 14.8 Å². The Labute approximate surface area is 116 Å². The van der Waals surface area contributed by atoms with Crippen molar-refractivity contribution < 1.29 is 19.1 Å². The minimum Gasteiger partial charge on any atom is -0.480 e. The molecule has 0 radical (unpaired) electrons. The second kappa shape index (κ2) is 5.77. The summed E-state index contributed by atoms with van der Waals surface area (Å²) in [5.74, 6) is -1.34. The molecule has 0 aliphatic heterocycles. The van der Waals surface area contributed by atoms with Gasteiger partial charge in [-0.3, -0.25) is 4.79 Å². The van der Waals surface area contributed by atoms with Gasteiger partial charge in [-0.2, -0.15) is 0 Å². The lowest BCUT2D eigenvalue weighted by Crippen LogP contribution is -2.40. The third-order valence-electron chi connectivity index (χ3n) is 3.20. The van der Waals surface area contributed by atoms with Gasteiger partial charge in [0.2, 0.25) is 5.91 Å². The lowest BCUT2D eigenvalue weighted by molar-refractivity contribution is -0.141. The number of carboxylic acids is 1. The highest BCUT2D eigenvalue weighted by atomic mass is 16.4. The maximum atomic E-state index is 11.9. The van der Waals surface area contributed by atoms with Crippen LogP contribution in [0.4, 0.5) is 0 Å². The molecule has 1 amide bonds. The molecule has 20 heavy (non-hydrogen) atoms. The largest absolute Gasteiger partial charge is 0.480 e. The summed E-state index contributed by atoms with van der Waals surface area (Å²) < 4.78 is 5.41. The first-order valence-electron chi connectivity index (χ1n) is 6.50. The molecule has 2 aromatic rings. The Morgan fingerprint density at radius 3 is 2.80 bits per heavy atom. The van der Waals surface area contributed by atoms with Crippen LogP contribution in [0.25, 0.3) is 11.0 Å². The van der Waals surface area contributed by atoms with Crippen molar-refractivity contribution in [2.75, 3.05) is 0 Å². The molecule has 1 aromatic heterocycles. The molecular weight excluding hydrogens is 258 g/mol. The molecule has 2 N–H and O–H groups in total. The average Bonchev–Trinajstić information content (AvgIpc) is 2.77. The molecular formula is C15H17NO4. The number of rotatable bonds is 5. The lowest BCUT2D eigenvalue weighted by Gasteiger charge is -2.11. The Kier molecular flexibility index (Phi) is 4.08. The fraction of sp³-hybridized carbons (Fsp3) is 0.333. The van der Waals surface area contributed by atoms with E-state index in [1.807, 2.05) is 25.1 Å². The van der Waals surface area contributed by atoms with Gasteiger partial charge in [-0.1, -0.05) is 19.1 Å². The van der Waals surface area contributed by atoms with E-state index < -0.39 is 12.0 Å². The van der Waals surface area contributed by atoms with E-state index in [9.17, 15) is 9.59 Å². The SMILES string of the molecule is CC[C@@H](NC(=O)Cc1coc2cc(C)ccc12)C(=O)O. The summed E-state index contributed by atoms with van der Waals surface area (Å²) >= 11 is 0. The Hall–Kier alpha value is -2.30. The van der Waals surface area contributed by atoms with Gasteiger partial charge >= 0.3 is 5.97 Å². The number of carbonyl (C=O) groups is 2. The van der Waals surface area contributed by atoms with Gasteiger partial charge in [-0.25, -0.2) is 4.79 Å². The standard InChI is InChI=1S/C15H17NO4/c1-3-12(15(18)19)16-14(17)7-10-8-20-13-6-9(2)4-5-11(10)13/h4-6,8,12H,3,7H2,1-2H3,(H,16,17)(H,18,19)/t12-/m1/s1. The number of carbonyl (C=O) groups excluding carboxylic acids is 1. The fourth-order valence-corrected chi connectivity index (χ4v) is 2.08.